The zero-order valence-corrected chi connectivity index (χ0v) is 16.2. The zero-order chi connectivity index (χ0) is 18.4. The number of rotatable bonds is 8. The summed E-state index contributed by atoms with van der Waals surface area (Å²) in [5, 5.41) is 2.95. The monoisotopic (exact) mass is 376 g/mol. The number of likely N-dealkylation sites (tertiary alicyclic amines) is 1. The van der Waals surface area contributed by atoms with E-state index in [0.717, 1.165) is 56.7 Å². The van der Waals surface area contributed by atoms with Gasteiger partial charge in [-0.1, -0.05) is 6.07 Å². The maximum atomic E-state index is 12.2. The van der Waals surface area contributed by atoms with Gasteiger partial charge >= 0.3 is 0 Å². The van der Waals surface area contributed by atoms with Crippen molar-refractivity contribution in [3.8, 4) is 5.75 Å². The van der Waals surface area contributed by atoms with Gasteiger partial charge in [0.25, 0.3) is 5.91 Å². The average Bonchev–Trinajstić information content (AvgIpc) is 3.51. The van der Waals surface area contributed by atoms with Crippen LogP contribution in [-0.4, -0.2) is 54.5 Å². The molecule has 3 rings (SSSR count). The summed E-state index contributed by atoms with van der Waals surface area (Å²) in [5.74, 6) is 2.34. The lowest BCUT2D eigenvalue weighted by molar-refractivity contribution is -0.134. The number of benzene rings is 1. The van der Waals surface area contributed by atoms with E-state index in [9.17, 15) is 9.59 Å². The van der Waals surface area contributed by atoms with Crippen LogP contribution in [-0.2, 0) is 4.79 Å². The van der Waals surface area contributed by atoms with E-state index in [1.165, 1.54) is 0 Å². The molecule has 0 spiro atoms. The predicted molar refractivity (Wildman–Crippen MR) is 105 cm³/mol. The lowest BCUT2D eigenvalue weighted by Gasteiger charge is -2.32. The van der Waals surface area contributed by atoms with E-state index in [0.29, 0.717) is 23.9 Å². The number of hydrogen-bond donors (Lipinski definition) is 1. The van der Waals surface area contributed by atoms with Crippen LogP contribution >= 0.6 is 11.8 Å². The fourth-order valence-corrected chi connectivity index (χ4v) is 3.64. The SMILES string of the molecule is CSCCCNC(=O)c1cccc(OC2CCN(C(=O)C3CC3)CC2)c1. The highest BCUT2D eigenvalue weighted by molar-refractivity contribution is 7.98. The molecule has 1 aliphatic carbocycles. The van der Waals surface area contributed by atoms with Gasteiger partial charge < -0.3 is 15.0 Å². The summed E-state index contributed by atoms with van der Waals surface area (Å²) in [7, 11) is 0. The van der Waals surface area contributed by atoms with Gasteiger partial charge in [-0.2, -0.15) is 11.8 Å². The Morgan fingerprint density at radius 3 is 2.69 bits per heavy atom. The number of hydrogen-bond acceptors (Lipinski definition) is 4. The van der Waals surface area contributed by atoms with Crippen molar-refractivity contribution < 1.29 is 14.3 Å². The number of nitrogens with one attached hydrogen (secondary N) is 1. The van der Waals surface area contributed by atoms with Crippen LogP contribution < -0.4 is 10.1 Å². The van der Waals surface area contributed by atoms with Crippen molar-refractivity contribution in [2.75, 3.05) is 31.6 Å². The van der Waals surface area contributed by atoms with Gasteiger partial charge in [0.15, 0.2) is 0 Å². The zero-order valence-electron chi connectivity index (χ0n) is 15.4. The van der Waals surface area contributed by atoms with Crippen LogP contribution in [0, 0.1) is 5.92 Å². The van der Waals surface area contributed by atoms with Crippen LogP contribution in [0.5, 0.6) is 5.75 Å². The van der Waals surface area contributed by atoms with Crippen molar-refractivity contribution in [3.05, 3.63) is 29.8 Å². The van der Waals surface area contributed by atoms with Crippen LogP contribution in [0.4, 0.5) is 0 Å². The fraction of sp³-hybridized carbons (Fsp3) is 0.600. The van der Waals surface area contributed by atoms with Crippen LogP contribution in [0.3, 0.4) is 0 Å². The largest absolute Gasteiger partial charge is 0.490 e. The molecule has 2 aliphatic rings. The highest BCUT2D eigenvalue weighted by atomic mass is 32.2. The lowest BCUT2D eigenvalue weighted by Crippen LogP contribution is -2.42. The van der Waals surface area contributed by atoms with Crippen LogP contribution in [0.15, 0.2) is 24.3 Å². The second-order valence-corrected chi connectivity index (χ2v) is 8.03. The van der Waals surface area contributed by atoms with E-state index in [2.05, 4.69) is 11.6 Å². The van der Waals surface area contributed by atoms with Gasteiger partial charge in [0.2, 0.25) is 5.91 Å². The molecule has 0 aromatic heterocycles. The maximum Gasteiger partial charge on any atom is 0.251 e. The Morgan fingerprint density at radius 2 is 2.00 bits per heavy atom. The number of carbonyl (C=O) groups excluding carboxylic acids is 2. The smallest absolute Gasteiger partial charge is 0.251 e. The number of thioether (sulfide) groups is 1. The molecule has 1 saturated carbocycles. The molecule has 1 aliphatic heterocycles. The maximum absolute atomic E-state index is 12.2. The summed E-state index contributed by atoms with van der Waals surface area (Å²) in [6, 6.07) is 7.38. The number of amides is 2. The third kappa shape index (κ3) is 5.40. The molecular weight excluding hydrogens is 348 g/mol. The third-order valence-corrected chi connectivity index (χ3v) is 5.59. The summed E-state index contributed by atoms with van der Waals surface area (Å²) in [6.45, 7) is 2.24. The Balaban J connectivity index is 1.46. The van der Waals surface area contributed by atoms with Crippen LogP contribution in [0.25, 0.3) is 0 Å². The van der Waals surface area contributed by atoms with Crippen molar-refractivity contribution in [1.82, 2.24) is 10.2 Å². The van der Waals surface area contributed by atoms with E-state index in [1.807, 2.05) is 29.2 Å². The topological polar surface area (TPSA) is 58.6 Å². The van der Waals surface area contributed by atoms with Gasteiger partial charge in [-0.25, -0.2) is 0 Å². The lowest BCUT2D eigenvalue weighted by atomic mass is 10.1. The first-order valence-corrected chi connectivity index (χ1v) is 10.9. The Labute approximate surface area is 159 Å². The summed E-state index contributed by atoms with van der Waals surface area (Å²) in [5.41, 5.74) is 0.632. The Bertz CT molecular complexity index is 625. The molecule has 142 valence electrons. The first kappa shape index (κ1) is 19.1. The summed E-state index contributed by atoms with van der Waals surface area (Å²) >= 11 is 1.78. The first-order valence-electron chi connectivity index (χ1n) is 9.50. The molecule has 0 radical (unpaired) electrons. The molecular formula is C20H28N2O3S. The van der Waals surface area contributed by atoms with E-state index in [4.69, 9.17) is 4.74 Å². The van der Waals surface area contributed by atoms with Gasteiger partial charge in [-0.15, -0.1) is 0 Å². The second-order valence-electron chi connectivity index (χ2n) is 7.05. The Hall–Kier alpha value is -1.69. The quantitative estimate of drug-likeness (QED) is 0.709. The van der Waals surface area contributed by atoms with E-state index in [1.54, 1.807) is 11.8 Å². The second kappa shape index (κ2) is 9.31. The van der Waals surface area contributed by atoms with Crippen LogP contribution in [0.2, 0.25) is 0 Å². The Kier molecular flexibility index (Phi) is 6.83. The molecule has 1 aromatic carbocycles. The van der Waals surface area contributed by atoms with Gasteiger partial charge in [-0.3, -0.25) is 9.59 Å². The average molecular weight is 377 g/mol. The molecule has 0 unspecified atom stereocenters. The normalized spacial score (nSPS) is 17.8. The molecule has 0 bridgehead atoms. The molecule has 1 N–H and O–H groups in total. The number of nitrogens with zero attached hydrogens (tertiary/aromatic N) is 1. The summed E-state index contributed by atoms with van der Waals surface area (Å²) < 4.78 is 6.07. The fourth-order valence-electron chi connectivity index (χ4n) is 3.21. The van der Waals surface area contributed by atoms with Gasteiger partial charge in [0.05, 0.1) is 0 Å². The number of piperidine rings is 1. The predicted octanol–water partition coefficient (Wildman–Crippen LogP) is 2.95. The first-order chi connectivity index (χ1) is 12.7. The highest BCUT2D eigenvalue weighted by Crippen LogP contribution is 2.32. The molecule has 0 atom stereocenters. The minimum absolute atomic E-state index is 0.0543. The molecule has 1 saturated heterocycles. The van der Waals surface area contributed by atoms with Gasteiger partial charge in [-0.05, 0) is 49.5 Å². The highest BCUT2D eigenvalue weighted by Gasteiger charge is 2.35. The minimum atomic E-state index is -0.0543. The van der Waals surface area contributed by atoms with E-state index < -0.39 is 0 Å². The minimum Gasteiger partial charge on any atom is -0.490 e. The van der Waals surface area contributed by atoms with Gasteiger partial charge in [0.1, 0.15) is 11.9 Å². The van der Waals surface area contributed by atoms with Crippen molar-refractivity contribution in [2.45, 2.75) is 38.2 Å². The number of carbonyl (C=O) groups is 2. The van der Waals surface area contributed by atoms with Crippen molar-refractivity contribution >= 4 is 23.6 Å². The van der Waals surface area contributed by atoms with E-state index >= 15 is 0 Å². The molecule has 2 amide bonds. The van der Waals surface area contributed by atoms with Crippen LogP contribution in [0.1, 0.15) is 42.5 Å². The summed E-state index contributed by atoms with van der Waals surface area (Å²) in [4.78, 5) is 26.3. The molecule has 6 heteroatoms. The molecule has 26 heavy (non-hydrogen) atoms. The van der Waals surface area contributed by atoms with E-state index in [-0.39, 0.29) is 12.0 Å². The standard InChI is InChI=1S/C20H28N2O3S/c1-26-13-3-10-21-19(23)16-4-2-5-18(14-16)25-17-8-11-22(12-9-17)20(24)15-6-7-15/h2,4-5,14-15,17H,3,6-13H2,1H3,(H,21,23). The van der Waals surface area contributed by atoms with Gasteiger partial charge in [0, 0.05) is 44.0 Å². The molecule has 2 fully saturated rings. The molecule has 5 nitrogen and oxygen atoms in total. The Morgan fingerprint density at radius 1 is 1.23 bits per heavy atom. The molecule has 1 heterocycles. The summed E-state index contributed by atoms with van der Waals surface area (Å²) in [6.07, 6.45) is 6.96. The van der Waals surface area contributed by atoms with Crippen molar-refractivity contribution in [2.24, 2.45) is 5.92 Å². The number of ether oxygens (including phenoxy) is 1. The van der Waals surface area contributed by atoms with Crippen molar-refractivity contribution in [3.63, 3.8) is 0 Å². The van der Waals surface area contributed by atoms with Crippen molar-refractivity contribution in [1.29, 1.82) is 0 Å². The third-order valence-electron chi connectivity index (χ3n) is 4.89. The molecule has 1 aromatic rings.